The second kappa shape index (κ2) is 7.52. The van der Waals surface area contributed by atoms with Crippen LogP contribution < -0.4 is 10.1 Å². The zero-order valence-electron chi connectivity index (χ0n) is 12.2. The van der Waals surface area contributed by atoms with Crippen LogP contribution in [0.5, 0.6) is 11.5 Å². The van der Waals surface area contributed by atoms with Crippen LogP contribution in [0.3, 0.4) is 0 Å². The summed E-state index contributed by atoms with van der Waals surface area (Å²) in [5.74, 6) is 0.476. The summed E-state index contributed by atoms with van der Waals surface area (Å²) in [4.78, 5) is 14.0. The first-order chi connectivity index (χ1) is 10.1. The molecule has 116 valence electrons. The number of hydrogen-bond acceptors (Lipinski definition) is 4. The van der Waals surface area contributed by atoms with Crippen LogP contribution in [-0.2, 0) is 11.2 Å². The number of nitrogens with one attached hydrogen (secondary N) is 1. The summed E-state index contributed by atoms with van der Waals surface area (Å²) in [6, 6.07) is 3.43. The number of aromatic hydroxyl groups is 1. The maximum atomic E-state index is 12.1. The molecule has 1 aromatic carbocycles. The van der Waals surface area contributed by atoms with Gasteiger partial charge < -0.3 is 20.1 Å². The van der Waals surface area contributed by atoms with Gasteiger partial charge >= 0.3 is 0 Å². The summed E-state index contributed by atoms with van der Waals surface area (Å²) >= 11 is 5.99. The minimum Gasteiger partial charge on any atom is -0.503 e. The number of ether oxygens (including phenoxy) is 1. The summed E-state index contributed by atoms with van der Waals surface area (Å²) in [7, 11) is 0. The molecule has 2 rings (SSSR count). The molecular formula is C15H21ClN2O3. The van der Waals surface area contributed by atoms with Gasteiger partial charge in [0.2, 0.25) is 5.91 Å². The predicted molar refractivity (Wildman–Crippen MR) is 82.1 cm³/mol. The smallest absolute Gasteiger partial charge is 0.222 e. The number of amides is 1. The molecule has 21 heavy (non-hydrogen) atoms. The van der Waals surface area contributed by atoms with Gasteiger partial charge in [-0.25, -0.2) is 0 Å². The number of carbonyl (C=O) groups excluding carboxylic acids is 1. The van der Waals surface area contributed by atoms with E-state index in [-0.39, 0.29) is 16.7 Å². The number of piperazine rings is 1. The lowest BCUT2D eigenvalue weighted by Crippen LogP contribution is -2.46. The maximum Gasteiger partial charge on any atom is 0.222 e. The Kier molecular flexibility index (Phi) is 5.70. The Morgan fingerprint density at radius 2 is 2.14 bits per heavy atom. The van der Waals surface area contributed by atoms with E-state index in [0.29, 0.717) is 25.2 Å². The topological polar surface area (TPSA) is 61.8 Å². The Balaban J connectivity index is 1.97. The summed E-state index contributed by atoms with van der Waals surface area (Å²) in [6.07, 6.45) is 1.02. The third kappa shape index (κ3) is 4.25. The first-order valence-electron chi connectivity index (χ1n) is 7.24. The quantitative estimate of drug-likeness (QED) is 0.870. The normalized spacial score (nSPS) is 15.0. The van der Waals surface area contributed by atoms with Gasteiger partial charge in [-0.2, -0.15) is 0 Å². The molecule has 0 aliphatic carbocycles. The molecule has 0 bridgehead atoms. The molecule has 0 unspecified atom stereocenters. The molecule has 6 heteroatoms. The van der Waals surface area contributed by atoms with Gasteiger partial charge in [0.1, 0.15) is 0 Å². The fourth-order valence-electron chi connectivity index (χ4n) is 2.36. The number of benzene rings is 1. The van der Waals surface area contributed by atoms with E-state index in [4.69, 9.17) is 16.3 Å². The van der Waals surface area contributed by atoms with Crippen molar-refractivity contribution < 1.29 is 14.6 Å². The average molecular weight is 313 g/mol. The lowest BCUT2D eigenvalue weighted by Gasteiger charge is -2.27. The number of nitrogens with zero attached hydrogens (tertiary/aromatic N) is 1. The molecule has 0 atom stereocenters. The van der Waals surface area contributed by atoms with Crippen molar-refractivity contribution in [3.8, 4) is 11.5 Å². The zero-order chi connectivity index (χ0) is 15.2. The fraction of sp³-hybridized carbons (Fsp3) is 0.533. The fourth-order valence-corrected chi connectivity index (χ4v) is 2.59. The van der Waals surface area contributed by atoms with E-state index < -0.39 is 0 Å². The number of carbonyl (C=O) groups is 1. The zero-order valence-corrected chi connectivity index (χ0v) is 12.9. The van der Waals surface area contributed by atoms with Crippen LogP contribution in [0.25, 0.3) is 0 Å². The van der Waals surface area contributed by atoms with Gasteiger partial charge in [0.15, 0.2) is 11.5 Å². The Labute approximate surface area is 129 Å². The predicted octanol–water partition coefficient (Wildman–Crippen LogP) is 1.81. The van der Waals surface area contributed by atoms with Gasteiger partial charge in [-0.1, -0.05) is 11.6 Å². The van der Waals surface area contributed by atoms with Crippen molar-refractivity contribution in [2.24, 2.45) is 0 Å². The van der Waals surface area contributed by atoms with Gasteiger partial charge in [0, 0.05) is 32.6 Å². The van der Waals surface area contributed by atoms with E-state index in [9.17, 15) is 9.90 Å². The lowest BCUT2D eigenvalue weighted by molar-refractivity contribution is -0.131. The summed E-state index contributed by atoms with van der Waals surface area (Å²) in [5.41, 5.74) is 0.893. The van der Waals surface area contributed by atoms with Gasteiger partial charge in [0.05, 0.1) is 11.6 Å². The Morgan fingerprint density at radius 1 is 1.43 bits per heavy atom. The average Bonchev–Trinajstić information content (AvgIpc) is 2.50. The van der Waals surface area contributed by atoms with E-state index in [0.717, 1.165) is 31.7 Å². The molecule has 0 saturated carbocycles. The van der Waals surface area contributed by atoms with Gasteiger partial charge in [0.25, 0.3) is 0 Å². The van der Waals surface area contributed by atoms with E-state index in [1.165, 1.54) is 0 Å². The monoisotopic (exact) mass is 312 g/mol. The van der Waals surface area contributed by atoms with Crippen LogP contribution in [0.1, 0.15) is 18.9 Å². The number of rotatable bonds is 5. The standard InChI is InChI=1S/C15H21ClN2O3/c1-2-21-13-10-11(9-12(16)15(13)20)3-4-14(19)18-7-5-17-6-8-18/h9-10,17,20H,2-8H2,1H3. The van der Waals surface area contributed by atoms with Crippen LogP contribution in [0.2, 0.25) is 5.02 Å². The van der Waals surface area contributed by atoms with Crippen molar-refractivity contribution in [1.29, 1.82) is 0 Å². The van der Waals surface area contributed by atoms with Crippen molar-refractivity contribution >= 4 is 17.5 Å². The molecule has 1 fully saturated rings. The second-order valence-electron chi connectivity index (χ2n) is 4.99. The molecule has 0 aromatic heterocycles. The molecule has 1 saturated heterocycles. The van der Waals surface area contributed by atoms with Crippen molar-refractivity contribution in [2.75, 3.05) is 32.8 Å². The molecule has 1 amide bonds. The maximum absolute atomic E-state index is 12.1. The Hall–Kier alpha value is -1.46. The largest absolute Gasteiger partial charge is 0.503 e. The number of aryl methyl sites for hydroxylation is 1. The number of phenolic OH excluding ortho intramolecular Hbond substituents is 1. The van der Waals surface area contributed by atoms with E-state index in [1.807, 2.05) is 11.8 Å². The van der Waals surface area contributed by atoms with Crippen LogP contribution in [0, 0.1) is 0 Å². The minimum absolute atomic E-state index is 0.0456. The minimum atomic E-state index is -0.0456. The number of halogens is 1. The highest BCUT2D eigenvalue weighted by atomic mass is 35.5. The third-order valence-electron chi connectivity index (χ3n) is 3.49. The first-order valence-corrected chi connectivity index (χ1v) is 7.62. The molecule has 2 N–H and O–H groups in total. The van der Waals surface area contributed by atoms with Crippen LogP contribution in [0.4, 0.5) is 0 Å². The van der Waals surface area contributed by atoms with Crippen molar-refractivity contribution in [3.63, 3.8) is 0 Å². The highest BCUT2D eigenvalue weighted by Crippen LogP contribution is 2.35. The second-order valence-corrected chi connectivity index (χ2v) is 5.40. The summed E-state index contributed by atoms with van der Waals surface area (Å²) in [6.45, 7) is 5.52. The molecular weight excluding hydrogens is 292 g/mol. The molecule has 5 nitrogen and oxygen atoms in total. The van der Waals surface area contributed by atoms with Crippen LogP contribution in [-0.4, -0.2) is 48.7 Å². The highest BCUT2D eigenvalue weighted by molar-refractivity contribution is 6.32. The van der Waals surface area contributed by atoms with Crippen LogP contribution >= 0.6 is 11.6 Å². The van der Waals surface area contributed by atoms with Gasteiger partial charge in [-0.15, -0.1) is 0 Å². The van der Waals surface area contributed by atoms with E-state index in [1.54, 1.807) is 12.1 Å². The summed E-state index contributed by atoms with van der Waals surface area (Å²) < 4.78 is 5.34. The lowest BCUT2D eigenvalue weighted by atomic mass is 10.1. The first kappa shape index (κ1) is 15.9. The highest BCUT2D eigenvalue weighted by Gasteiger charge is 2.16. The van der Waals surface area contributed by atoms with Crippen molar-refractivity contribution in [2.45, 2.75) is 19.8 Å². The van der Waals surface area contributed by atoms with Crippen LogP contribution in [0.15, 0.2) is 12.1 Å². The number of phenols is 1. The van der Waals surface area contributed by atoms with Gasteiger partial charge in [-0.05, 0) is 31.0 Å². The molecule has 1 heterocycles. The van der Waals surface area contributed by atoms with E-state index >= 15 is 0 Å². The Bertz CT molecular complexity index is 502. The molecule has 1 aromatic rings. The molecule has 1 aliphatic heterocycles. The molecule has 0 radical (unpaired) electrons. The molecule has 1 aliphatic rings. The third-order valence-corrected chi connectivity index (χ3v) is 3.77. The summed E-state index contributed by atoms with van der Waals surface area (Å²) in [5, 5.41) is 13.3. The van der Waals surface area contributed by atoms with E-state index in [2.05, 4.69) is 5.32 Å². The molecule has 0 spiro atoms. The van der Waals surface area contributed by atoms with Crippen molar-refractivity contribution in [3.05, 3.63) is 22.7 Å². The SMILES string of the molecule is CCOc1cc(CCC(=O)N2CCNCC2)cc(Cl)c1O. The van der Waals surface area contributed by atoms with Crippen molar-refractivity contribution in [1.82, 2.24) is 10.2 Å². The van der Waals surface area contributed by atoms with Gasteiger partial charge in [-0.3, -0.25) is 4.79 Å². The number of hydrogen-bond donors (Lipinski definition) is 2. The Morgan fingerprint density at radius 3 is 2.81 bits per heavy atom.